The van der Waals surface area contributed by atoms with Gasteiger partial charge in [0.15, 0.2) is 17.5 Å². The Morgan fingerprint density at radius 3 is 2.33 bits per heavy atom. The van der Waals surface area contributed by atoms with Crippen molar-refractivity contribution >= 4 is 29.9 Å². The Bertz CT molecular complexity index is 625. The van der Waals surface area contributed by atoms with Crippen molar-refractivity contribution < 1.29 is 18.9 Å². The number of ether oxygens (including phenoxy) is 4. The van der Waals surface area contributed by atoms with Crippen LogP contribution >= 0.6 is 24.0 Å². The summed E-state index contributed by atoms with van der Waals surface area (Å²) in [6.07, 6.45) is 4.17. The SMILES string of the molecule is CN=C(NCCC1=CCOCC1)NCc1cc(OC)c(OC)c(OC)c1.I. The van der Waals surface area contributed by atoms with E-state index in [9.17, 15) is 0 Å². The maximum atomic E-state index is 5.39. The average Bonchev–Trinajstić information content (AvgIpc) is 2.70. The highest BCUT2D eigenvalue weighted by Crippen LogP contribution is 2.38. The number of benzene rings is 1. The lowest BCUT2D eigenvalue weighted by Gasteiger charge is -2.17. The Balaban J connectivity index is 0.00000364. The van der Waals surface area contributed by atoms with E-state index in [1.807, 2.05) is 12.1 Å². The number of guanidine groups is 1. The predicted octanol–water partition coefficient (Wildman–Crippen LogP) is 2.73. The van der Waals surface area contributed by atoms with Crippen LogP contribution in [0, 0.1) is 0 Å². The van der Waals surface area contributed by atoms with Gasteiger partial charge in [-0.15, -0.1) is 24.0 Å². The van der Waals surface area contributed by atoms with E-state index < -0.39 is 0 Å². The number of methoxy groups -OCH3 is 3. The summed E-state index contributed by atoms with van der Waals surface area (Å²) in [6, 6.07) is 3.85. The lowest BCUT2D eigenvalue weighted by atomic mass is 10.1. The first-order valence-corrected chi connectivity index (χ1v) is 8.70. The summed E-state index contributed by atoms with van der Waals surface area (Å²) >= 11 is 0. The number of hydrogen-bond donors (Lipinski definition) is 2. The third kappa shape index (κ3) is 7.10. The summed E-state index contributed by atoms with van der Waals surface area (Å²) in [4.78, 5) is 4.27. The molecule has 0 aromatic heterocycles. The van der Waals surface area contributed by atoms with Crippen LogP contribution < -0.4 is 24.8 Å². The maximum absolute atomic E-state index is 5.39. The van der Waals surface area contributed by atoms with E-state index >= 15 is 0 Å². The molecule has 0 radical (unpaired) electrons. The summed E-state index contributed by atoms with van der Waals surface area (Å²) in [5.41, 5.74) is 2.44. The Morgan fingerprint density at radius 1 is 1.11 bits per heavy atom. The predicted molar refractivity (Wildman–Crippen MR) is 118 cm³/mol. The highest BCUT2D eigenvalue weighted by molar-refractivity contribution is 14.0. The second-order valence-electron chi connectivity index (χ2n) is 5.82. The molecule has 0 unspecified atom stereocenters. The number of halogens is 1. The third-order valence-electron chi connectivity index (χ3n) is 4.20. The van der Waals surface area contributed by atoms with Crippen molar-refractivity contribution in [2.24, 2.45) is 4.99 Å². The number of rotatable bonds is 8. The monoisotopic (exact) mass is 491 g/mol. The van der Waals surface area contributed by atoms with Crippen molar-refractivity contribution in [3.63, 3.8) is 0 Å². The lowest BCUT2D eigenvalue weighted by molar-refractivity contribution is 0.153. The summed E-state index contributed by atoms with van der Waals surface area (Å²) in [6.45, 7) is 2.97. The van der Waals surface area contributed by atoms with Gasteiger partial charge in [-0.1, -0.05) is 11.6 Å². The highest BCUT2D eigenvalue weighted by atomic mass is 127. The molecule has 1 aromatic carbocycles. The summed E-state index contributed by atoms with van der Waals surface area (Å²) in [5, 5.41) is 6.64. The van der Waals surface area contributed by atoms with Gasteiger partial charge in [-0.2, -0.15) is 0 Å². The van der Waals surface area contributed by atoms with E-state index in [2.05, 4.69) is 21.7 Å². The van der Waals surface area contributed by atoms with Gasteiger partial charge in [0.2, 0.25) is 5.75 Å². The van der Waals surface area contributed by atoms with Crippen LogP contribution in [0.25, 0.3) is 0 Å². The van der Waals surface area contributed by atoms with Gasteiger partial charge in [0.25, 0.3) is 0 Å². The number of nitrogens with zero attached hydrogens (tertiary/aromatic N) is 1. The minimum absolute atomic E-state index is 0. The molecule has 27 heavy (non-hydrogen) atoms. The lowest BCUT2D eigenvalue weighted by Crippen LogP contribution is -2.37. The van der Waals surface area contributed by atoms with Crippen molar-refractivity contribution in [2.45, 2.75) is 19.4 Å². The molecule has 0 bridgehead atoms. The second-order valence-corrected chi connectivity index (χ2v) is 5.82. The fourth-order valence-corrected chi connectivity index (χ4v) is 2.78. The third-order valence-corrected chi connectivity index (χ3v) is 4.20. The normalized spacial score (nSPS) is 13.9. The van der Waals surface area contributed by atoms with Crippen molar-refractivity contribution in [1.82, 2.24) is 10.6 Å². The Labute approximate surface area is 178 Å². The van der Waals surface area contributed by atoms with Gasteiger partial charge in [-0.3, -0.25) is 4.99 Å². The van der Waals surface area contributed by atoms with Gasteiger partial charge in [0.1, 0.15) is 0 Å². The van der Waals surface area contributed by atoms with E-state index in [0.717, 1.165) is 44.1 Å². The van der Waals surface area contributed by atoms with Crippen LogP contribution in [-0.2, 0) is 11.3 Å². The second kappa shape index (κ2) is 12.7. The minimum atomic E-state index is 0. The zero-order valence-corrected chi connectivity index (χ0v) is 18.8. The number of nitrogens with one attached hydrogen (secondary N) is 2. The first-order valence-electron chi connectivity index (χ1n) is 8.70. The van der Waals surface area contributed by atoms with Crippen molar-refractivity contribution in [3.8, 4) is 17.2 Å². The molecule has 1 aliphatic heterocycles. The van der Waals surface area contributed by atoms with Crippen LogP contribution in [-0.4, -0.2) is 54.1 Å². The molecule has 2 rings (SSSR count). The molecule has 0 saturated carbocycles. The largest absolute Gasteiger partial charge is 0.493 e. The molecule has 1 heterocycles. The van der Waals surface area contributed by atoms with Crippen LogP contribution in [0.5, 0.6) is 17.2 Å². The van der Waals surface area contributed by atoms with E-state index in [4.69, 9.17) is 18.9 Å². The van der Waals surface area contributed by atoms with Crippen LogP contribution in [0.2, 0.25) is 0 Å². The Morgan fingerprint density at radius 2 is 1.81 bits per heavy atom. The van der Waals surface area contributed by atoms with Crippen molar-refractivity contribution in [1.29, 1.82) is 0 Å². The topological polar surface area (TPSA) is 73.3 Å². The molecule has 1 aromatic rings. The van der Waals surface area contributed by atoms with Crippen LogP contribution in [0.15, 0.2) is 28.8 Å². The van der Waals surface area contributed by atoms with Gasteiger partial charge in [0.05, 0.1) is 34.5 Å². The van der Waals surface area contributed by atoms with Gasteiger partial charge in [-0.25, -0.2) is 0 Å². The maximum Gasteiger partial charge on any atom is 0.203 e. The molecule has 0 atom stereocenters. The molecular formula is C19H30IN3O4. The molecule has 0 saturated heterocycles. The van der Waals surface area contributed by atoms with E-state index in [1.165, 1.54) is 5.57 Å². The Kier molecular flexibility index (Phi) is 11.0. The number of aliphatic imine (C=N–C) groups is 1. The fourth-order valence-electron chi connectivity index (χ4n) is 2.78. The fraction of sp³-hybridized carbons (Fsp3) is 0.526. The summed E-state index contributed by atoms with van der Waals surface area (Å²) in [7, 11) is 6.58. The molecule has 152 valence electrons. The van der Waals surface area contributed by atoms with Gasteiger partial charge in [0, 0.05) is 20.1 Å². The summed E-state index contributed by atoms with van der Waals surface area (Å²) < 4.78 is 21.5. The zero-order valence-electron chi connectivity index (χ0n) is 16.5. The molecule has 0 spiro atoms. The molecule has 0 aliphatic carbocycles. The molecular weight excluding hydrogens is 461 g/mol. The molecule has 1 aliphatic rings. The molecule has 2 N–H and O–H groups in total. The minimum Gasteiger partial charge on any atom is -0.493 e. The van der Waals surface area contributed by atoms with Crippen LogP contribution in [0.4, 0.5) is 0 Å². The quantitative estimate of drug-likeness (QED) is 0.252. The molecule has 7 nitrogen and oxygen atoms in total. The highest BCUT2D eigenvalue weighted by Gasteiger charge is 2.13. The van der Waals surface area contributed by atoms with Crippen molar-refractivity contribution in [3.05, 3.63) is 29.3 Å². The Hall–Kier alpha value is -1.68. The average molecular weight is 491 g/mol. The van der Waals surface area contributed by atoms with Gasteiger partial charge in [-0.05, 0) is 30.5 Å². The van der Waals surface area contributed by atoms with E-state index in [1.54, 1.807) is 28.4 Å². The molecule has 0 fully saturated rings. The van der Waals surface area contributed by atoms with E-state index in [-0.39, 0.29) is 24.0 Å². The standard InChI is InChI=1S/C19H29N3O4.HI/c1-20-19(21-8-5-14-6-9-26-10-7-14)22-13-15-11-16(23-2)18(25-4)17(12-15)24-3;/h6,11-12H,5,7-10,13H2,1-4H3,(H2,20,21,22);1H. The number of hydrogen-bond acceptors (Lipinski definition) is 5. The summed E-state index contributed by atoms with van der Waals surface area (Å²) in [5.74, 6) is 2.62. The molecule has 0 amide bonds. The van der Waals surface area contributed by atoms with Crippen molar-refractivity contribution in [2.75, 3.05) is 48.1 Å². The first-order chi connectivity index (χ1) is 12.7. The van der Waals surface area contributed by atoms with E-state index in [0.29, 0.717) is 23.8 Å². The van der Waals surface area contributed by atoms with Gasteiger partial charge >= 0.3 is 0 Å². The zero-order chi connectivity index (χ0) is 18.8. The first kappa shape index (κ1) is 23.4. The van der Waals surface area contributed by atoms with Crippen LogP contribution in [0.3, 0.4) is 0 Å². The smallest absolute Gasteiger partial charge is 0.203 e. The van der Waals surface area contributed by atoms with Crippen LogP contribution in [0.1, 0.15) is 18.4 Å². The molecule has 8 heteroatoms. The van der Waals surface area contributed by atoms with Gasteiger partial charge < -0.3 is 29.6 Å².